The van der Waals surface area contributed by atoms with Crippen molar-refractivity contribution in [2.75, 3.05) is 39.4 Å². The quantitative estimate of drug-likeness (QED) is 0.852. The highest BCUT2D eigenvalue weighted by Crippen LogP contribution is 2.38. The molecule has 0 aromatic carbocycles. The Kier molecular flexibility index (Phi) is 4.17. The lowest BCUT2D eigenvalue weighted by atomic mass is 10.0. The molecule has 2 atom stereocenters. The van der Waals surface area contributed by atoms with E-state index in [0.717, 1.165) is 50.7 Å². The number of ether oxygens (including phenoxy) is 1. The summed E-state index contributed by atoms with van der Waals surface area (Å²) < 4.78 is 7.84. The van der Waals surface area contributed by atoms with Gasteiger partial charge >= 0.3 is 0 Å². The zero-order valence-electron chi connectivity index (χ0n) is 15.1. The molecule has 0 unspecified atom stereocenters. The highest BCUT2D eigenvalue weighted by molar-refractivity contribution is 5.96. The third-order valence-electron chi connectivity index (χ3n) is 6.00. The Morgan fingerprint density at radius 2 is 1.88 bits per heavy atom. The summed E-state index contributed by atoms with van der Waals surface area (Å²) in [6.07, 6.45) is 2.51. The highest BCUT2D eigenvalue weighted by Gasteiger charge is 2.38. The Bertz CT molecular complexity index is 629. The molecule has 0 radical (unpaired) electrons. The van der Waals surface area contributed by atoms with Crippen LogP contribution in [0.4, 0.5) is 0 Å². The summed E-state index contributed by atoms with van der Waals surface area (Å²) in [6, 6.07) is 3.21. The topological polar surface area (TPSA) is 37.7 Å². The summed E-state index contributed by atoms with van der Waals surface area (Å²) in [7, 11) is 0. The normalized spacial score (nSPS) is 28.5. The van der Waals surface area contributed by atoms with Crippen molar-refractivity contribution in [3.05, 3.63) is 23.0 Å². The molecule has 1 aromatic rings. The largest absolute Gasteiger partial charge is 0.379 e. The fraction of sp³-hybridized carbons (Fsp3) is 0.737. The predicted octanol–water partition coefficient (Wildman–Crippen LogP) is 2.23. The number of hydrogen-bond acceptors (Lipinski definition) is 3. The van der Waals surface area contributed by atoms with Crippen LogP contribution in [0.5, 0.6) is 0 Å². The molecular formula is C19H29N3O2. The number of likely N-dealkylation sites (tertiary alicyclic amines) is 1. The van der Waals surface area contributed by atoms with Crippen molar-refractivity contribution in [1.29, 1.82) is 0 Å². The van der Waals surface area contributed by atoms with Crippen molar-refractivity contribution in [2.24, 2.45) is 5.92 Å². The van der Waals surface area contributed by atoms with Crippen LogP contribution in [0.1, 0.15) is 47.6 Å². The summed E-state index contributed by atoms with van der Waals surface area (Å²) in [5.41, 5.74) is 3.30. The molecule has 4 rings (SSSR count). The molecule has 1 amide bonds. The Balaban J connectivity index is 1.50. The minimum atomic E-state index is 0.220. The van der Waals surface area contributed by atoms with E-state index in [9.17, 15) is 4.79 Å². The molecular weight excluding hydrogens is 302 g/mol. The minimum Gasteiger partial charge on any atom is -0.379 e. The number of rotatable bonds is 3. The zero-order chi connectivity index (χ0) is 16.8. The molecule has 0 N–H and O–H groups in total. The van der Waals surface area contributed by atoms with E-state index in [1.807, 2.05) is 0 Å². The SMILES string of the molecule is Cc1cc(C(=O)N2C[C@@H](N3CCOCC3)[C@@H](C)C2)c(C)n1C1CC1. The number of amides is 1. The Morgan fingerprint density at radius 3 is 2.54 bits per heavy atom. The second-order valence-corrected chi connectivity index (χ2v) is 7.79. The summed E-state index contributed by atoms with van der Waals surface area (Å²) in [5.74, 6) is 0.747. The van der Waals surface area contributed by atoms with E-state index in [1.165, 1.54) is 18.5 Å². The van der Waals surface area contributed by atoms with Gasteiger partial charge in [0.05, 0.1) is 18.8 Å². The number of hydrogen-bond donors (Lipinski definition) is 0. The lowest BCUT2D eigenvalue weighted by molar-refractivity contribution is 0.0119. The van der Waals surface area contributed by atoms with Crippen LogP contribution in [0.2, 0.25) is 0 Å². The second-order valence-electron chi connectivity index (χ2n) is 7.79. The van der Waals surface area contributed by atoms with Gasteiger partial charge in [-0.15, -0.1) is 0 Å². The molecule has 132 valence electrons. The smallest absolute Gasteiger partial charge is 0.255 e. The number of morpholine rings is 1. The van der Waals surface area contributed by atoms with E-state index in [1.54, 1.807) is 0 Å². The van der Waals surface area contributed by atoms with Gasteiger partial charge in [0.1, 0.15) is 0 Å². The lowest BCUT2D eigenvalue weighted by Crippen LogP contribution is -2.47. The van der Waals surface area contributed by atoms with Crippen molar-refractivity contribution >= 4 is 5.91 Å². The van der Waals surface area contributed by atoms with E-state index in [-0.39, 0.29) is 5.91 Å². The molecule has 0 bridgehead atoms. The van der Waals surface area contributed by atoms with E-state index < -0.39 is 0 Å². The van der Waals surface area contributed by atoms with Crippen LogP contribution in [-0.4, -0.2) is 65.7 Å². The third-order valence-corrected chi connectivity index (χ3v) is 6.00. The maximum atomic E-state index is 13.1. The first-order chi connectivity index (χ1) is 11.6. The molecule has 3 fully saturated rings. The van der Waals surface area contributed by atoms with Crippen LogP contribution < -0.4 is 0 Å². The second kappa shape index (κ2) is 6.19. The number of aromatic nitrogens is 1. The van der Waals surface area contributed by atoms with Crippen molar-refractivity contribution < 1.29 is 9.53 Å². The van der Waals surface area contributed by atoms with Gasteiger partial charge in [-0.2, -0.15) is 0 Å². The van der Waals surface area contributed by atoms with Gasteiger partial charge in [-0.1, -0.05) is 6.92 Å². The molecule has 5 heteroatoms. The standard InChI is InChI=1S/C19H29N3O2/c1-13-11-21(12-18(13)20-6-8-24-9-7-20)19(23)17-10-14(2)22(15(17)3)16-4-5-16/h10,13,16,18H,4-9,11-12H2,1-3H3/t13-,18+/m0/s1. The molecule has 2 aliphatic heterocycles. The van der Waals surface area contributed by atoms with Crippen molar-refractivity contribution in [3.63, 3.8) is 0 Å². The van der Waals surface area contributed by atoms with Crippen molar-refractivity contribution in [3.8, 4) is 0 Å². The Hall–Kier alpha value is -1.33. The average molecular weight is 331 g/mol. The molecule has 0 spiro atoms. The van der Waals surface area contributed by atoms with Gasteiger partial charge in [-0.3, -0.25) is 9.69 Å². The average Bonchev–Trinajstić information content (AvgIpc) is 3.26. The van der Waals surface area contributed by atoms with E-state index >= 15 is 0 Å². The third kappa shape index (κ3) is 2.78. The number of nitrogens with zero attached hydrogens (tertiary/aromatic N) is 3. The van der Waals surface area contributed by atoms with Gasteiger partial charge in [-0.25, -0.2) is 0 Å². The molecule has 3 heterocycles. The number of aryl methyl sites for hydroxylation is 1. The monoisotopic (exact) mass is 331 g/mol. The lowest BCUT2D eigenvalue weighted by Gasteiger charge is -2.33. The minimum absolute atomic E-state index is 0.220. The van der Waals surface area contributed by atoms with Gasteiger partial charge in [0.15, 0.2) is 0 Å². The maximum absolute atomic E-state index is 13.1. The fourth-order valence-electron chi connectivity index (χ4n) is 4.56. The van der Waals surface area contributed by atoms with Crippen LogP contribution in [0.25, 0.3) is 0 Å². The first-order valence-electron chi connectivity index (χ1n) is 9.35. The molecule has 1 saturated carbocycles. The van der Waals surface area contributed by atoms with Crippen LogP contribution in [0.3, 0.4) is 0 Å². The van der Waals surface area contributed by atoms with Crippen LogP contribution in [0.15, 0.2) is 6.07 Å². The van der Waals surface area contributed by atoms with Crippen LogP contribution in [-0.2, 0) is 4.74 Å². The number of carbonyl (C=O) groups excluding carboxylic acids is 1. The first kappa shape index (κ1) is 16.2. The van der Waals surface area contributed by atoms with Gasteiger partial charge in [0.25, 0.3) is 5.91 Å². The summed E-state index contributed by atoms with van der Waals surface area (Å²) in [5, 5.41) is 0. The van der Waals surface area contributed by atoms with Crippen LogP contribution >= 0.6 is 0 Å². The summed E-state index contributed by atoms with van der Waals surface area (Å²) in [4.78, 5) is 17.7. The molecule has 1 aliphatic carbocycles. The Labute approximate surface area is 144 Å². The highest BCUT2D eigenvalue weighted by atomic mass is 16.5. The summed E-state index contributed by atoms with van der Waals surface area (Å²) >= 11 is 0. The van der Waals surface area contributed by atoms with E-state index in [2.05, 4.69) is 41.2 Å². The van der Waals surface area contributed by atoms with E-state index in [4.69, 9.17) is 4.74 Å². The van der Waals surface area contributed by atoms with Gasteiger partial charge in [-0.05, 0) is 38.7 Å². The van der Waals surface area contributed by atoms with Crippen LogP contribution in [0, 0.1) is 19.8 Å². The van der Waals surface area contributed by atoms with Crippen molar-refractivity contribution in [2.45, 2.75) is 45.7 Å². The maximum Gasteiger partial charge on any atom is 0.255 e. The van der Waals surface area contributed by atoms with Gasteiger partial charge in [0.2, 0.25) is 0 Å². The van der Waals surface area contributed by atoms with Gasteiger partial charge < -0.3 is 14.2 Å². The molecule has 1 aromatic heterocycles. The fourth-order valence-corrected chi connectivity index (χ4v) is 4.56. The van der Waals surface area contributed by atoms with E-state index in [0.29, 0.717) is 18.0 Å². The predicted molar refractivity (Wildman–Crippen MR) is 93.4 cm³/mol. The molecule has 2 saturated heterocycles. The van der Waals surface area contributed by atoms with Gasteiger partial charge in [0, 0.05) is 49.7 Å². The van der Waals surface area contributed by atoms with Crippen molar-refractivity contribution in [1.82, 2.24) is 14.4 Å². The summed E-state index contributed by atoms with van der Waals surface area (Å²) in [6.45, 7) is 11.9. The molecule has 3 aliphatic rings. The molecule has 5 nitrogen and oxygen atoms in total. The first-order valence-corrected chi connectivity index (χ1v) is 9.35. The Morgan fingerprint density at radius 1 is 1.17 bits per heavy atom. The molecule has 24 heavy (non-hydrogen) atoms. The number of carbonyl (C=O) groups is 1. The zero-order valence-corrected chi connectivity index (χ0v) is 15.1.